The summed E-state index contributed by atoms with van der Waals surface area (Å²) in [5.74, 6) is 0.910. The number of guanidine groups is 1. The Kier molecular flexibility index (Phi) is 7.28. The van der Waals surface area contributed by atoms with E-state index in [0.717, 1.165) is 16.4 Å². The van der Waals surface area contributed by atoms with Gasteiger partial charge in [0.15, 0.2) is 5.96 Å². The summed E-state index contributed by atoms with van der Waals surface area (Å²) >= 11 is 1.67. The molecule has 0 saturated carbocycles. The van der Waals surface area contributed by atoms with E-state index in [2.05, 4.69) is 48.2 Å². The van der Waals surface area contributed by atoms with Crippen molar-refractivity contribution in [2.75, 3.05) is 5.32 Å². The lowest BCUT2D eigenvalue weighted by Gasteiger charge is -2.09. The van der Waals surface area contributed by atoms with Crippen molar-refractivity contribution in [3.63, 3.8) is 0 Å². The first-order valence-corrected chi connectivity index (χ1v) is 7.87. The van der Waals surface area contributed by atoms with E-state index in [4.69, 9.17) is 5.73 Å². The van der Waals surface area contributed by atoms with Crippen molar-refractivity contribution >= 4 is 47.0 Å². The molecule has 1 aromatic carbocycles. The first-order chi connectivity index (χ1) is 9.95. The first kappa shape index (κ1) is 18.9. The molecule has 1 aromatic heterocycles. The molecule has 0 saturated heterocycles. The third kappa shape index (κ3) is 5.24. The number of aryl methyl sites for hydroxylation is 2. The minimum atomic E-state index is 0. The molecule has 0 aliphatic rings. The van der Waals surface area contributed by atoms with Gasteiger partial charge in [0.05, 0.1) is 12.2 Å². The van der Waals surface area contributed by atoms with Crippen LogP contribution in [0.4, 0.5) is 5.69 Å². The number of anilines is 1. The van der Waals surface area contributed by atoms with Gasteiger partial charge in [0.1, 0.15) is 5.01 Å². The Morgan fingerprint density at radius 2 is 2.09 bits per heavy atom. The summed E-state index contributed by atoms with van der Waals surface area (Å²) in [6, 6.07) is 8.24. The van der Waals surface area contributed by atoms with Crippen LogP contribution >= 0.6 is 35.3 Å². The van der Waals surface area contributed by atoms with Gasteiger partial charge in [0.25, 0.3) is 0 Å². The fourth-order valence-electron chi connectivity index (χ4n) is 1.92. The van der Waals surface area contributed by atoms with Crippen LogP contribution < -0.4 is 11.1 Å². The molecule has 0 unspecified atom stereocenters. The average Bonchev–Trinajstić information content (AvgIpc) is 2.76. The van der Waals surface area contributed by atoms with Gasteiger partial charge in [-0.05, 0) is 37.5 Å². The molecule has 4 nitrogen and oxygen atoms in total. The normalized spacial score (nSPS) is 11.4. The van der Waals surface area contributed by atoms with Gasteiger partial charge in [0, 0.05) is 10.6 Å². The standard InChI is InChI=1S/C16H22N4S.HI/c1-10(2)13-6-5-7-14(8-13)20-16(17)18-9-15-19-11(3)12(4)21-15;/h5-8,10H,9H2,1-4H3,(H3,17,18,20);1H. The number of nitrogens with one attached hydrogen (secondary N) is 1. The minimum Gasteiger partial charge on any atom is -0.370 e. The summed E-state index contributed by atoms with van der Waals surface area (Å²) in [5, 5.41) is 4.12. The minimum absolute atomic E-state index is 0. The summed E-state index contributed by atoms with van der Waals surface area (Å²) in [6.45, 7) is 8.94. The Labute approximate surface area is 153 Å². The molecule has 0 aliphatic heterocycles. The van der Waals surface area contributed by atoms with Crippen molar-refractivity contribution < 1.29 is 0 Å². The van der Waals surface area contributed by atoms with Crippen LogP contribution in [0.2, 0.25) is 0 Å². The number of nitrogens with two attached hydrogens (primary N) is 1. The van der Waals surface area contributed by atoms with Gasteiger partial charge in [-0.2, -0.15) is 0 Å². The van der Waals surface area contributed by atoms with Crippen molar-refractivity contribution in [1.82, 2.24) is 4.98 Å². The molecule has 1 heterocycles. The summed E-state index contributed by atoms with van der Waals surface area (Å²) in [7, 11) is 0. The predicted octanol–water partition coefficient (Wildman–Crippen LogP) is 4.43. The van der Waals surface area contributed by atoms with E-state index < -0.39 is 0 Å². The molecule has 2 rings (SSSR count). The molecule has 0 aliphatic carbocycles. The topological polar surface area (TPSA) is 63.3 Å². The fourth-order valence-corrected chi connectivity index (χ4v) is 2.78. The van der Waals surface area contributed by atoms with E-state index >= 15 is 0 Å². The van der Waals surface area contributed by atoms with Gasteiger partial charge in [-0.25, -0.2) is 9.98 Å². The highest BCUT2D eigenvalue weighted by atomic mass is 127. The summed E-state index contributed by atoms with van der Waals surface area (Å²) in [4.78, 5) is 10.0. The summed E-state index contributed by atoms with van der Waals surface area (Å²) in [5.41, 5.74) is 9.25. The predicted molar refractivity (Wildman–Crippen MR) is 106 cm³/mol. The summed E-state index contributed by atoms with van der Waals surface area (Å²) < 4.78 is 0. The van der Waals surface area contributed by atoms with E-state index in [1.807, 2.05) is 19.1 Å². The molecular weight excluding hydrogens is 407 g/mol. The Morgan fingerprint density at radius 1 is 1.36 bits per heavy atom. The van der Waals surface area contributed by atoms with Crippen molar-refractivity contribution in [1.29, 1.82) is 0 Å². The highest BCUT2D eigenvalue weighted by molar-refractivity contribution is 14.0. The highest BCUT2D eigenvalue weighted by Crippen LogP contribution is 2.19. The Bertz CT molecular complexity index is 630. The van der Waals surface area contributed by atoms with Gasteiger partial charge in [0.2, 0.25) is 0 Å². The van der Waals surface area contributed by atoms with Crippen molar-refractivity contribution in [3.05, 3.63) is 45.4 Å². The highest BCUT2D eigenvalue weighted by Gasteiger charge is 2.04. The van der Waals surface area contributed by atoms with Gasteiger partial charge >= 0.3 is 0 Å². The van der Waals surface area contributed by atoms with Crippen LogP contribution in [0.5, 0.6) is 0 Å². The quantitative estimate of drug-likeness (QED) is 0.429. The van der Waals surface area contributed by atoms with E-state index in [0.29, 0.717) is 18.4 Å². The van der Waals surface area contributed by atoms with Crippen molar-refractivity contribution in [2.45, 2.75) is 40.2 Å². The van der Waals surface area contributed by atoms with Crippen LogP contribution in [0.1, 0.15) is 40.9 Å². The maximum atomic E-state index is 5.94. The molecule has 0 spiro atoms. The van der Waals surface area contributed by atoms with E-state index in [-0.39, 0.29) is 24.0 Å². The number of halogens is 1. The van der Waals surface area contributed by atoms with E-state index in [9.17, 15) is 0 Å². The molecule has 2 aromatic rings. The van der Waals surface area contributed by atoms with E-state index in [1.165, 1.54) is 10.4 Å². The van der Waals surface area contributed by atoms with Gasteiger partial charge in [-0.1, -0.05) is 26.0 Å². The lowest BCUT2D eigenvalue weighted by molar-refractivity contribution is 0.867. The number of rotatable bonds is 4. The molecule has 0 fully saturated rings. The van der Waals surface area contributed by atoms with Gasteiger partial charge in [-0.3, -0.25) is 0 Å². The Morgan fingerprint density at radius 3 is 2.68 bits per heavy atom. The Hall–Kier alpha value is -1.15. The van der Waals surface area contributed by atoms with Crippen LogP contribution in [0.25, 0.3) is 0 Å². The maximum absolute atomic E-state index is 5.94. The SMILES string of the molecule is Cc1nc(CN=C(N)Nc2cccc(C(C)C)c2)sc1C.I. The monoisotopic (exact) mass is 430 g/mol. The van der Waals surface area contributed by atoms with Crippen molar-refractivity contribution in [2.24, 2.45) is 10.7 Å². The van der Waals surface area contributed by atoms with Gasteiger partial charge < -0.3 is 11.1 Å². The number of nitrogens with zero attached hydrogens (tertiary/aromatic N) is 2. The number of benzene rings is 1. The van der Waals surface area contributed by atoms with Gasteiger partial charge in [-0.15, -0.1) is 35.3 Å². The molecule has 6 heteroatoms. The second-order valence-electron chi connectivity index (χ2n) is 5.36. The van der Waals surface area contributed by atoms with Crippen LogP contribution in [-0.4, -0.2) is 10.9 Å². The van der Waals surface area contributed by atoms with Crippen molar-refractivity contribution in [3.8, 4) is 0 Å². The maximum Gasteiger partial charge on any atom is 0.193 e. The number of thiazole rings is 1. The molecule has 120 valence electrons. The molecule has 0 bridgehead atoms. The first-order valence-electron chi connectivity index (χ1n) is 7.05. The van der Waals surface area contributed by atoms with E-state index in [1.54, 1.807) is 11.3 Å². The number of aromatic nitrogens is 1. The molecule has 0 atom stereocenters. The largest absolute Gasteiger partial charge is 0.370 e. The zero-order chi connectivity index (χ0) is 15.4. The molecule has 3 N–H and O–H groups in total. The Balaban J connectivity index is 0.00000242. The zero-order valence-electron chi connectivity index (χ0n) is 13.4. The number of hydrogen-bond acceptors (Lipinski definition) is 3. The average molecular weight is 430 g/mol. The molecule has 0 radical (unpaired) electrons. The lowest BCUT2D eigenvalue weighted by atomic mass is 10.0. The second-order valence-corrected chi connectivity index (χ2v) is 6.64. The summed E-state index contributed by atoms with van der Waals surface area (Å²) in [6.07, 6.45) is 0. The fraction of sp³-hybridized carbons (Fsp3) is 0.375. The number of hydrogen-bond donors (Lipinski definition) is 2. The van der Waals surface area contributed by atoms with Crippen LogP contribution in [-0.2, 0) is 6.54 Å². The zero-order valence-corrected chi connectivity index (χ0v) is 16.5. The van der Waals surface area contributed by atoms with Crippen LogP contribution in [0.15, 0.2) is 29.3 Å². The van der Waals surface area contributed by atoms with Crippen LogP contribution in [0, 0.1) is 13.8 Å². The smallest absolute Gasteiger partial charge is 0.193 e. The third-order valence-corrected chi connectivity index (χ3v) is 4.34. The molecule has 22 heavy (non-hydrogen) atoms. The third-order valence-electron chi connectivity index (χ3n) is 3.28. The second kappa shape index (κ2) is 8.47. The molecular formula is C16H23IN4S. The number of aliphatic imine (C=N–C) groups is 1. The van der Waals surface area contributed by atoms with Crippen LogP contribution in [0.3, 0.4) is 0 Å². The molecule has 0 amide bonds. The lowest BCUT2D eigenvalue weighted by Crippen LogP contribution is -2.22.